The normalized spacial score (nSPS) is 11.5. The Morgan fingerprint density at radius 1 is 1.33 bits per heavy atom. The molecule has 4 nitrogen and oxygen atoms in total. The van der Waals surface area contributed by atoms with Gasteiger partial charge in [-0.2, -0.15) is 0 Å². The topological polar surface area (TPSA) is 55.4 Å². The van der Waals surface area contributed by atoms with E-state index in [-0.39, 0.29) is 12.1 Å². The third-order valence-electron chi connectivity index (χ3n) is 2.62. The van der Waals surface area contributed by atoms with Gasteiger partial charge in [-0.25, -0.2) is 9.18 Å². The molecular formula is C16H20FNO3. The van der Waals surface area contributed by atoms with E-state index in [0.717, 1.165) is 5.56 Å². The van der Waals surface area contributed by atoms with Crippen LogP contribution in [-0.4, -0.2) is 24.5 Å². The fraction of sp³-hybridized carbons (Fsp3) is 0.375. The van der Waals surface area contributed by atoms with Crippen LogP contribution in [0.15, 0.2) is 18.2 Å². The van der Waals surface area contributed by atoms with Crippen molar-refractivity contribution in [3.8, 4) is 0 Å². The number of aldehydes is 1. The molecule has 114 valence electrons. The van der Waals surface area contributed by atoms with Crippen LogP contribution in [0.3, 0.4) is 0 Å². The molecule has 0 aromatic heterocycles. The van der Waals surface area contributed by atoms with Crippen LogP contribution in [-0.2, 0) is 4.74 Å². The lowest BCUT2D eigenvalue weighted by molar-refractivity contribution is 0.0534. The first-order valence-electron chi connectivity index (χ1n) is 6.62. The van der Waals surface area contributed by atoms with Crippen LogP contribution < -0.4 is 5.32 Å². The van der Waals surface area contributed by atoms with Crippen molar-refractivity contribution in [3.63, 3.8) is 0 Å². The number of alkyl carbamates (subject to hydrolysis) is 1. The Labute approximate surface area is 124 Å². The molecule has 0 fully saturated rings. The van der Waals surface area contributed by atoms with Crippen LogP contribution in [0.25, 0.3) is 6.08 Å². The average Bonchev–Trinajstić information content (AvgIpc) is 2.36. The van der Waals surface area contributed by atoms with E-state index in [2.05, 4.69) is 5.32 Å². The Kier molecular flexibility index (Phi) is 5.64. The van der Waals surface area contributed by atoms with Gasteiger partial charge in [0.25, 0.3) is 0 Å². The fourth-order valence-electron chi connectivity index (χ4n) is 1.69. The number of hydrogen-bond donors (Lipinski definition) is 1. The van der Waals surface area contributed by atoms with Crippen molar-refractivity contribution in [2.45, 2.75) is 33.3 Å². The van der Waals surface area contributed by atoms with Crippen LogP contribution in [0.5, 0.6) is 0 Å². The van der Waals surface area contributed by atoms with Crippen molar-refractivity contribution >= 4 is 18.5 Å². The van der Waals surface area contributed by atoms with Crippen molar-refractivity contribution in [2.75, 3.05) is 6.54 Å². The zero-order chi connectivity index (χ0) is 16.0. The number of amides is 1. The Bertz CT molecular complexity index is 559. The van der Waals surface area contributed by atoms with E-state index in [1.807, 2.05) is 0 Å². The van der Waals surface area contributed by atoms with E-state index >= 15 is 0 Å². The SMILES string of the molecule is Cc1ccc(F)c(C=O)c1C=CCNC(=O)OC(C)(C)C. The molecule has 1 N–H and O–H groups in total. The maximum absolute atomic E-state index is 13.5. The molecule has 0 aliphatic carbocycles. The first-order chi connectivity index (χ1) is 9.74. The van der Waals surface area contributed by atoms with Gasteiger partial charge in [0.1, 0.15) is 11.4 Å². The van der Waals surface area contributed by atoms with E-state index in [9.17, 15) is 14.0 Å². The Balaban J connectivity index is 2.69. The molecule has 0 radical (unpaired) electrons. The summed E-state index contributed by atoms with van der Waals surface area (Å²) < 4.78 is 18.6. The van der Waals surface area contributed by atoms with Gasteiger partial charge in [0.15, 0.2) is 6.29 Å². The molecule has 0 aliphatic rings. The van der Waals surface area contributed by atoms with Crippen LogP contribution in [0.1, 0.15) is 42.3 Å². The second-order valence-corrected chi connectivity index (χ2v) is 5.59. The summed E-state index contributed by atoms with van der Waals surface area (Å²) in [5.74, 6) is -0.560. The molecule has 0 unspecified atom stereocenters. The predicted octanol–water partition coefficient (Wildman–Crippen LogP) is 3.48. The van der Waals surface area contributed by atoms with Crippen molar-refractivity contribution in [1.29, 1.82) is 0 Å². The van der Waals surface area contributed by atoms with Gasteiger partial charge in [0, 0.05) is 6.54 Å². The Morgan fingerprint density at radius 3 is 2.57 bits per heavy atom. The van der Waals surface area contributed by atoms with Gasteiger partial charge in [-0.15, -0.1) is 0 Å². The van der Waals surface area contributed by atoms with Crippen molar-refractivity contribution in [2.24, 2.45) is 0 Å². The maximum Gasteiger partial charge on any atom is 0.407 e. The zero-order valence-corrected chi connectivity index (χ0v) is 12.7. The Hall–Kier alpha value is -2.17. The van der Waals surface area contributed by atoms with Gasteiger partial charge < -0.3 is 10.1 Å². The number of halogens is 1. The minimum absolute atomic E-state index is 0.0171. The minimum Gasteiger partial charge on any atom is -0.444 e. The molecule has 0 heterocycles. The van der Waals surface area contributed by atoms with Gasteiger partial charge in [-0.1, -0.05) is 18.2 Å². The van der Waals surface area contributed by atoms with Crippen molar-refractivity contribution in [3.05, 3.63) is 40.7 Å². The average molecular weight is 293 g/mol. The van der Waals surface area contributed by atoms with E-state index < -0.39 is 17.5 Å². The highest BCUT2D eigenvalue weighted by molar-refractivity contribution is 5.83. The minimum atomic E-state index is -0.560. The molecule has 0 saturated carbocycles. The van der Waals surface area contributed by atoms with Gasteiger partial charge in [0.2, 0.25) is 0 Å². The molecule has 0 saturated heterocycles. The van der Waals surface area contributed by atoms with E-state index in [1.54, 1.807) is 45.9 Å². The summed E-state index contributed by atoms with van der Waals surface area (Å²) >= 11 is 0. The van der Waals surface area contributed by atoms with Gasteiger partial charge in [0.05, 0.1) is 5.56 Å². The van der Waals surface area contributed by atoms with Crippen LogP contribution in [0, 0.1) is 12.7 Å². The Morgan fingerprint density at radius 2 is 2.00 bits per heavy atom. The molecule has 5 heteroatoms. The van der Waals surface area contributed by atoms with Crippen molar-refractivity contribution < 1.29 is 18.7 Å². The summed E-state index contributed by atoms with van der Waals surface area (Å²) in [4.78, 5) is 22.4. The molecule has 0 spiro atoms. The van der Waals surface area contributed by atoms with E-state index in [1.165, 1.54) is 6.07 Å². The molecule has 1 aromatic rings. The summed E-state index contributed by atoms with van der Waals surface area (Å²) in [5.41, 5.74) is 0.754. The lowest BCUT2D eigenvalue weighted by Gasteiger charge is -2.19. The number of carbonyl (C=O) groups excluding carboxylic acids is 2. The summed E-state index contributed by atoms with van der Waals surface area (Å²) in [7, 11) is 0. The molecule has 1 aromatic carbocycles. The summed E-state index contributed by atoms with van der Waals surface area (Å²) in [6.07, 6.45) is 3.21. The first-order valence-corrected chi connectivity index (χ1v) is 6.62. The molecule has 0 aliphatic heterocycles. The lowest BCUT2D eigenvalue weighted by atomic mass is 10.0. The first kappa shape index (κ1) is 16.9. The number of rotatable bonds is 4. The van der Waals surface area contributed by atoms with Gasteiger partial charge in [-0.05, 0) is 44.9 Å². The number of hydrogen-bond acceptors (Lipinski definition) is 3. The van der Waals surface area contributed by atoms with Gasteiger partial charge >= 0.3 is 6.09 Å². The monoisotopic (exact) mass is 293 g/mol. The standard InChI is InChI=1S/C16H20FNO3/c1-11-7-8-14(17)13(10-19)12(11)6-5-9-18-15(20)21-16(2,3)4/h5-8,10H,9H2,1-4H3,(H,18,20). The molecule has 1 amide bonds. The zero-order valence-electron chi connectivity index (χ0n) is 12.7. The second kappa shape index (κ2) is 7.02. The highest BCUT2D eigenvalue weighted by atomic mass is 19.1. The maximum atomic E-state index is 13.5. The summed E-state index contributed by atoms with van der Waals surface area (Å²) in [6, 6.07) is 2.86. The smallest absolute Gasteiger partial charge is 0.407 e. The number of benzene rings is 1. The highest BCUT2D eigenvalue weighted by Gasteiger charge is 2.15. The fourth-order valence-corrected chi connectivity index (χ4v) is 1.69. The van der Waals surface area contributed by atoms with Crippen LogP contribution >= 0.6 is 0 Å². The number of aryl methyl sites for hydroxylation is 1. The number of ether oxygens (including phenoxy) is 1. The molecular weight excluding hydrogens is 273 g/mol. The number of nitrogens with one attached hydrogen (secondary N) is 1. The van der Waals surface area contributed by atoms with E-state index in [0.29, 0.717) is 11.8 Å². The van der Waals surface area contributed by atoms with Gasteiger partial charge in [-0.3, -0.25) is 4.79 Å². The second-order valence-electron chi connectivity index (χ2n) is 5.59. The number of carbonyl (C=O) groups is 2. The summed E-state index contributed by atoms with van der Waals surface area (Å²) in [6.45, 7) is 7.33. The van der Waals surface area contributed by atoms with Crippen LogP contribution in [0.2, 0.25) is 0 Å². The molecule has 0 atom stereocenters. The van der Waals surface area contributed by atoms with Crippen molar-refractivity contribution in [1.82, 2.24) is 5.32 Å². The molecule has 21 heavy (non-hydrogen) atoms. The summed E-state index contributed by atoms with van der Waals surface area (Å²) in [5, 5.41) is 2.55. The van der Waals surface area contributed by atoms with E-state index in [4.69, 9.17) is 4.74 Å². The molecule has 1 rings (SSSR count). The third kappa shape index (κ3) is 5.38. The lowest BCUT2D eigenvalue weighted by Crippen LogP contribution is -2.32. The predicted molar refractivity (Wildman–Crippen MR) is 79.8 cm³/mol. The van der Waals surface area contributed by atoms with Crippen LogP contribution in [0.4, 0.5) is 9.18 Å². The quantitative estimate of drug-likeness (QED) is 0.865. The largest absolute Gasteiger partial charge is 0.444 e. The third-order valence-corrected chi connectivity index (χ3v) is 2.62. The molecule has 0 bridgehead atoms. The highest BCUT2D eigenvalue weighted by Crippen LogP contribution is 2.17.